The molecule has 2 saturated heterocycles. The summed E-state index contributed by atoms with van der Waals surface area (Å²) in [6.07, 6.45) is 1.76. The third-order valence-electron chi connectivity index (χ3n) is 7.81. The van der Waals surface area contributed by atoms with Crippen molar-refractivity contribution in [1.82, 2.24) is 19.7 Å². The van der Waals surface area contributed by atoms with Gasteiger partial charge in [-0.3, -0.25) is 9.69 Å². The zero-order valence-electron chi connectivity index (χ0n) is 23.7. The molecule has 0 unspecified atom stereocenters. The Bertz CT molecular complexity index is 1440. The standard InChI is InChI=1S/C31H37ClN6O3/c1-4-5-18-41-30(40)38-17-16-37(21-31(38,2)33)29(39)23-8-11-25-26(32)20-27(34-28(25)19-23)22-6-9-24(10-7-22)36-14-12-35(3)13-15-36/h4,6-11,19-20H,1,5,12-18,21,33H2,2-3H3/t31-/m1/s1. The number of carbonyl (C=O) groups excluding carboxylic acids is 2. The molecule has 3 aromatic rings. The quantitative estimate of drug-likeness (QED) is 0.342. The fourth-order valence-corrected chi connectivity index (χ4v) is 5.63. The maximum absolute atomic E-state index is 13.5. The fraction of sp³-hybridized carbons (Fsp3) is 0.387. The van der Waals surface area contributed by atoms with Crippen molar-refractivity contribution in [2.45, 2.75) is 19.0 Å². The molecule has 3 heterocycles. The Morgan fingerprint density at radius 1 is 1.07 bits per heavy atom. The van der Waals surface area contributed by atoms with Crippen LogP contribution in [0.25, 0.3) is 22.2 Å². The summed E-state index contributed by atoms with van der Waals surface area (Å²) in [6, 6.07) is 15.6. The molecule has 2 N–H and O–H groups in total. The van der Waals surface area contributed by atoms with Gasteiger partial charge in [0.05, 0.1) is 29.4 Å². The Kier molecular flexibility index (Phi) is 8.49. The Morgan fingerprint density at radius 2 is 1.80 bits per heavy atom. The summed E-state index contributed by atoms with van der Waals surface area (Å²) in [5.74, 6) is -0.178. The topological polar surface area (TPSA) is 95.2 Å². The third-order valence-corrected chi connectivity index (χ3v) is 8.13. The normalized spacial score (nSPS) is 19.9. The van der Waals surface area contributed by atoms with E-state index in [4.69, 9.17) is 27.1 Å². The predicted molar refractivity (Wildman–Crippen MR) is 163 cm³/mol. The van der Waals surface area contributed by atoms with E-state index in [1.165, 1.54) is 10.6 Å². The van der Waals surface area contributed by atoms with Crippen molar-refractivity contribution in [1.29, 1.82) is 0 Å². The molecule has 2 aliphatic rings. The van der Waals surface area contributed by atoms with E-state index in [0.717, 1.165) is 42.8 Å². The van der Waals surface area contributed by atoms with Crippen LogP contribution in [0.1, 0.15) is 23.7 Å². The molecule has 2 fully saturated rings. The van der Waals surface area contributed by atoms with E-state index < -0.39 is 11.8 Å². The van der Waals surface area contributed by atoms with Crippen molar-refractivity contribution < 1.29 is 14.3 Å². The molecule has 2 amide bonds. The van der Waals surface area contributed by atoms with Crippen LogP contribution >= 0.6 is 11.6 Å². The lowest BCUT2D eigenvalue weighted by molar-refractivity contribution is 0.00691. The van der Waals surface area contributed by atoms with Crippen LogP contribution in [-0.2, 0) is 4.74 Å². The number of likely N-dealkylation sites (N-methyl/N-ethyl adjacent to an activating group) is 1. The summed E-state index contributed by atoms with van der Waals surface area (Å²) in [5.41, 5.74) is 9.42. The highest BCUT2D eigenvalue weighted by Crippen LogP contribution is 2.31. The van der Waals surface area contributed by atoms with Crippen LogP contribution in [0, 0.1) is 0 Å². The van der Waals surface area contributed by atoms with Crippen LogP contribution in [-0.4, -0.2) is 96.8 Å². The van der Waals surface area contributed by atoms with E-state index in [-0.39, 0.29) is 25.6 Å². The van der Waals surface area contributed by atoms with Gasteiger partial charge in [0.15, 0.2) is 0 Å². The molecule has 2 aromatic carbocycles. The predicted octanol–water partition coefficient (Wildman–Crippen LogP) is 4.45. The Hall–Kier alpha value is -3.66. The van der Waals surface area contributed by atoms with Crippen molar-refractivity contribution in [2.24, 2.45) is 5.73 Å². The average molecular weight is 577 g/mol. The summed E-state index contributed by atoms with van der Waals surface area (Å²) in [5, 5.41) is 1.35. The monoisotopic (exact) mass is 576 g/mol. The number of nitrogens with zero attached hydrogens (tertiary/aromatic N) is 5. The minimum atomic E-state index is -1.07. The van der Waals surface area contributed by atoms with Crippen LogP contribution in [0.3, 0.4) is 0 Å². The van der Waals surface area contributed by atoms with E-state index in [1.54, 1.807) is 30.0 Å². The first-order chi connectivity index (χ1) is 19.7. The SMILES string of the molecule is C=CCCOC(=O)N1CCN(C(=O)c2ccc3c(Cl)cc(-c4ccc(N5CCN(C)CC5)cc4)nc3c2)C[C@]1(C)N. The lowest BCUT2D eigenvalue weighted by Crippen LogP contribution is -2.68. The fourth-order valence-electron chi connectivity index (χ4n) is 5.36. The number of pyridine rings is 1. The van der Waals surface area contributed by atoms with Crippen molar-refractivity contribution in [3.05, 3.63) is 71.8 Å². The molecule has 0 radical (unpaired) electrons. The number of rotatable bonds is 6. The maximum Gasteiger partial charge on any atom is 0.411 e. The smallest absolute Gasteiger partial charge is 0.411 e. The number of hydrogen-bond acceptors (Lipinski definition) is 7. The number of amides is 2. The summed E-state index contributed by atoms with van der Waals surface area (Å²) < 4.78 is 5.29. The van der Waals surface area contributed by atoms with Gasteiger partial charge in [0.25, 0.3) is 5.91 Å². The largest absolute Gasteiger partial charge is 0.449 e. The van der Waals surface area contributed by atoms with Crippen LogP contribution in [0.4, 0.5) is 10.5 Å². The van der Waals surface area contributed by atoms with Gasteiger partial charge < -0.3 is 25.2 Å². The van der Waals surface area contributed by atoms with Gasteiger partial charge >= 0.3 is 6.09 Å². The number of fused-ring (bicyclic) bond motifs is 1. The molecule has 0 saturated carbocycles. The van der Waals surface area contributed by atoms with Crippen molar-refractivity contribution in [2.75, 3.05) is 64.4 Å². The number of aromatic nitrogens is 1. The molecule has 0 bridgehead atoms. The van der Waals surface area contributed by atoms with Gasteiger partial charge in [-0.1, -0.05) is 35.9 Å². The second-order valence-corrected chi connectivity index (χ2v) is 11.4. The summed E-state index contributed by atoms with van der Waals surface area (Å²) in [6.45, 7) is 10.5. The first-order valence-corrected chi connectivity index (χ1v) is 14.3. The lowest BCUT2D eigenvalue weighted by atomic mass is 10.0. The molecule has 41 heavy (non-hydrogen) atoms. The van der Waals surface area contributed by atoms with Crippen molar-refractivity contribution in [3.8, 4) is 11.3 Å². The first-order valence-electron chi connectivity index (χ1n) is 13.9. The van der Waals surface area contributed by atoms with E-state index in [1.807, 2.05) is 12.1 Å². The number of halogens is 1. The van der Waals surface area contributed by atoms with Gasteiger partial charge in [0.2, 0.25) is 0 Å². The highest BCUT2D eigenvalue weighted by Gasteiger charge is 2.40. The molecule has 0 spiro atoms. The van der Waals surface area contributed by atoms with E-state index in [9.17, 15) is 9.59 Å². The highest BCUT2D eigenvalue weighted by atomic mass is 35.5. The zero-order valence-corrected chi connectivity index (χ0v) is 24.4. The Morgan fingerprint density at radius 3 is 2.49 bits per heavy atom. The van der Waals surface area contributed by atoms with Crippen LogP contribution in [0.2, 0.25) is 5.02 Å². The second-order valence-electron chi connectivity index (χ2n) is 11.0. The average Bonchev–Trinajstić information content (AvgIpc) is 2.96. The molecule has 5 rings (SSSR count). The Balaban J connectivity index is 1.32. The van der Waals surface area contributed by atoms with Crippen molar-refractivity contribution >= 4 is 40.2 Å². The van der Waals surface area contributed by atoms with Gasteiger partial charge in [-0.05, 0) is 50.7 Å². The Labute approximate surface area is 246 Å². The van der Waals surface area contributed by atoms with E-state index in [0.29, 0.717) is 29.1 Å². The van der Waals surface area contributed by atoms with Gasteiger partial charge in [-0.25, -0.2) is 9.78 Å². The van der Waals surface area contributed by atoms with Gasteiger partial charge in [0, 0.05) is 61.5 Å². The number of benzene rings is 2. The first kappa shape index (κ1) is 28.9. The van der Waals surface area contributed by atoms with Gasteiger partial charge in [-0.2, -0.15) is 0 Å². The van der Waals surface area contributed by atoms with Crippen LogP contribution in [0.15, 0.2) is 61.2 Å². The van der Waals surface area contributed by atoms with E-state index in [2.05, 4.69) is 47.7 Å². The molecule has 9 nitrogen and oxygen atoms in total. The van der Waals surface area contributed by atoms with Gasteiger partial charge in [0.1, 0.15) is 5.66 Å². The molecule has 216 valence electrons. The molecule has 0 aliphatic carbocycles. The summed E-state index contributed by atoms with van der Waals surface area (Å²) in [7, 11) is 2.15. The highest BCUT2D eigenvalue weighted by molar-refractivity contribution is 6.35. The number of hydrogen-bond donors (Lipinski definition) is 1. The molecule has 1 aromatic heterocycles. The summed E-state index contributed by atoms with van der Waals surface area (Å²) >= 11 is 6.67. The number of ether oxygens (including phenoxy) is 1. The summed E-state index contributed by atoms with van der Waals surface area (Å²) in [4.78, 5) is 38.8. The number of anilines is 1. The maximum atomic E-state index is 13.5. The number of nitrogens with two attached hydrogens (primary N) is 1. The number of piperazine rings is 2. The third kappa shape index (κ3) is 6.32. The van der Waals surface area contributed by atoms with Gasteiger partial charge in [-0.15, -0.1) is 6.58 Å². The second kappa shape index (κ2) is 12.1. The molecule has 2 aliphatic heterocycles. The minimum Gasteiger partial charge on any atom is -0.449 e. The van der Waals surface area contributed by atoms with Crippen LogP contribution in [0.5, 0.6) is 0 Å². The molecule has 10 heteroatoms. The zero-order chi connectivity index (χ0) is 29.1. The molecular weight excluding hydrogens is 540 g/mol. The van der Waals surface area contributed by atoms with Crippen molar-refractivity contribution in [3.63, 3.8) is 0 Å². The number of carbonyl (C=O) groups is 2. The van der Waals surface area contributed by atoms with E-state index >= 15 is 0 Å². The lowest BCUT2D eigenvalue weighted by Gasteiger charge is -2.45. The molecule has 1 atom stereocenters. The minimum absolute atomic E-state index is 0.175. The molecular formula is C31H37ClN6O3. The van der Waals surface area contributed by atoms with Crippen LogP contribution < -0.4 is 10.6 Å².